The van der Waals surface area contributed by atoms with Crippen molar-refractivity contribution in [1.29, 1.82) is 5.26 Å². The lowest BCUT2D eigenvalue weighted by atomic mass is 9.79. The molecule has 2 atom stereocenters. The average Bonchev–Trinajstić information content (AvgIpc) is 3.01. The summed E-state index contributed by atoms with van der Waals surface area (Å²) in [5.74, 6) is -0.854. The van der Waals surface area contributed by atoms with Crippen LogP contribution in [-0.4, -0.2) is 30.1 Å². The highest BCUT2D eigenvalue weighted by Crippen LogP contribution is 2.40. The first-order chi connectivity index (χ1) is 13.7. The van der Waals surface area contributed by atoms with Gasteiger partial charge in [0.2, 0.25) is 10.0 Å². The van der Waals surface area contributed by atoms with Crippen LogP contribution in [0.5, 0.6) is 0 Å². The van der Waals surface area contributed by atoms with Crippen LogP contribution in [-0.2, 0) is 10.0 Å². The van der Waals surface area contributed by atoms with Gasteiger partial charge >= 0.3 is 0 Å². The summed E-state index contributed by atoms with van der Waals surface area (Å²) in [6.07, 6.45) is 0. The fourth-order valence-corrected chi connectivity index (χ4v) is 5.03. The number of aliphatic imine (C=N–C) groups is 1. The second-order valence-corrected chi connectivity index (χ2v) is 9.34. The zero-order valence-electron chi connectivity index (χ0n) is 16.7. The van der Waals surface area contributed by atoms with Crippen LogP contribution in [0.2, 0.25) is 0 Å². The fourth-order valence-electron chi connectivity index (χ4n) is 3.61. The minimum Gasteiger partial charge on any atom is -0.276 e. The molecule has 0 saturated heterocycles. The van der Waals surface area contributed by atoms with E-state index in [0.717, 1.165) is 5.56 Å². The SMILES string of the molecule is [C-]#[N+]C1=C(C)N=C(C)C(C#N)C1c1ccc2[nH]nc(NS(=O)(=O)CC(C)C)c2c1. The zero-order chi connectivity index (χ0) is 21.3. The van der Waals surface area contributed by atoms with Gasteiger partial charge in [-0.05, 0) is 37.5 Å². The number of aromatic nitrogens is 2. The molecule has 9 heteroatoms. The van der Waals surface area contributed by atoms with E-state index >= 15 is 0 Å². The molecule has 3 rings (SSSR count). The van der Waals surface area contributed by atoms with Crippen molar-refractivity contribution in [1.82, 2.24) is 10.2 Å². The molecule has 0 saturated carbocycles. The summed E-state index contributed by atoms with van der Waals surface area (Å²) in [6.45, 7) is 14.8. The maximum Gasteiger partial charge on any atom is 0.234 e. The number of allylic oxidation sites excluding steroid dienone is 2. The fraction of sp³-hybridized carbons (Fsp3) is 0.400. The van der Waals surface area contributed by atoms with Gasteiger partial charge in [-0.25, -0.2) is 13.3 Å². The van der Waals surface area contributed by atoms with Crippen LogP contribution in [0.3, 0.4) is 0 Å². The van der Waals surface area contributed by atoms with Crippen LogP contribution in [0.1, 0.15) is 39.2 Å². The number of aromatic amines is 1. The molecule has 0 fully saturated rings. The van der Waals surface area contributed by atoms with Crippen molar-refractivity contribution in [2.45, 2.75) is 33.6 Å². The molecule has 8 nitrogen and oxygen atoms in total. The molecule has 0 amide bonds. The summed E-state index contributed by atoms with van der Waals surface area (Å²) in [6, 6.07) is 7.66. The van der Waals surface area contributed by atoms with Crippen molar-refractivity contribution in [3.05, 3.63) is 46.6 Å². The van der Waals surface area contributed by atoms with Crippen LogP contribution < -0.4 is 4.72 Å². The van der Waals surface area contributed by atoms with Gasteiger partial charge in [0.25, 0.3) is 0 Å². The van der Waals surface area contributed by atoms with Crippen molar-refractivity contribution in [2.24, 2.45) is 16.8 Å². The van der Waals surface area contributed by atoms with Crippen LogP contribution in [0.25, 0.3) is 15.7 Å². The van der Waals surface area contributed by atoms with Crippen molar-refractivity contribution in [3.63, 3.8) is 0 Å². The average molecular weight is 411 g/mol. The van der Waals surface area contributed by atoms with E-state index in [2.05, 4.69) is 30.8 Å². The summed E-state index contributed by atoms with van der Waals surface area (Å²) >= 11 is 0. The van der Waals surface area contributed by atoms with Gasteiger partial charge < -0.3 is 0 Å². The predicted octanol–water partition coefficient (Wildman–Crippen LogP) is 3.81. The van der Waals surface area contributed by atoms with Gasteiger partial charge in [0.05, 0.1) is 29.8 Å². The van der Waals surface area contributed by atoms with Crippen molar-refractivity contribution >= 4 is 32.5 Å². The second kappa shape index (κ2) is 7.69. The minimum absolute atomic E-state index is 0.0142. The maximum atomic E-state index is 12.4. The molecule has 2 N–H and O–H groups in total. The Morgan fingerprint density at radius 1 is 1.38 bits per heavy atom. The summed E-state index contributed by atoms with van der Waals surface area (Å²) in [5.41, 5.74) is 3.09. The molecule has 0 radical (unpaired) electrons. The Balaban J connectivity index is 2.09. The quantitative estimate of drug-likeness (QED) is 0.729. The van der Waals surface area contributed by atoms with Crippen LogP contribution in [0.4, 0.5) is 5.82 Å². The highest BCUT2D eigenvalue weighted by Gasteiger charge is 2.34. The molecule has 0 bridgehead atoms. The van der Waals surface area contributed by atoms with Gasteiger partial charge in [0.1, 0.15) is 0 Å². The van der Waals surface area contributed by atoms with E-state index < -0.39 is 21.9 Å². The standard InChI is InChI=1S/C20H22N6O2S/c1-11(2)10-29(27,28)26-20-15-8-14(6-7-17(15)24-25-20)18-16(9-21)12(3)23-13(4)19(18)22-5/h6-8,11,16,18H,10H2,1-4H3,(H2,24,25,26). The summed E-state index contributed by atoms with van der Waals surface area (Å²) in [4.78, 5) is 8.00. The van der Waals surface area contributed by atoms with Gasteiger partial charge in [-0.1, -0.05) is 19.9 Å². The number of nitriles is 1. The Morgan fingerprint density at radius 2 is 2.10 bits per heavy atom. The molecule has 29 heavy (non-hydrogen) atoms. The Hall–Kier alpha value is -3.17. The molecular formula is C20H22N6O2S. The van der Waals surface area contributed by atoms with Gasteiger partial charge in [0.15, 0.2) is 11.5 Å². The predicted molar refractivity (Wildman–Crippen MR) is 113 cm³/mol. The molecule has 2 aromatic rings. The number of H-pyrrole nitrogens is 1. The highest BCUT2D eigenvalue weighted by molar-refractivity contribution is 7.92. The number of sulfonamides is 1. The summed E-state index contributed by atoms with van der Waals surface area (Å²) in [5, 5.41) is 17.2. The van der Waals surface area contributed by atoms with E-state index in [0.29, 0.717) is 28.0 Å². The Kier molecular flexibility index (Phi) is 5.45. The number of benzene rings is 1. The molecule has 1 aliphatic heterocycles. The smallest absolute Gasteiger partial charge is 0.234 e. The number of hydrogen-bond donors (Lipinski definition) is 2. The van der Waals surface area contributed by atoms with Crippen LogP contribution >= 0.6 is 0 Å². The molecule has 2 heterocycles. The lowest BCUT2D eigenvalue weighted by molar-refractivity contribution is 0.587. The van der Waals surface area contributed by atoms with Crippen LogP contribution in [0, 0.1) is 29.7 Å². The van der Waals surface area contributed by atoms with E-state index in [1.807, 2.05) is 19.9 Å². The van der Waals surface area contributed by atoms with Gasteiger partial charge in [-0.15, -0.1) is 0 Å². The first-order valence-corrected chi connectivity index (χ1v) is 10.8. The monoisotopic (exact) mass is 410 g/mol. The van der Waals surface area contributed by atoms with E-state index in [1.165, 1.54) is 0 Å². The molecular weight excluding hydrogens is 388 g/mol. The van der Waals surface area contributed by atoms with Crippen molar-refractivity contribution in [2.75, 3.05) is 10.5 Å². The third-order valence-corrected chi connectivity index (χ3v) is 6.41. The zero-order valence-corrected chi connectivity index (χ0v) is 17.5. The van der Waals surface area contributed by atoms with Crippen molar-refractivity contribution in [3.8, 4) is 6.07 Å². The molecule has 1 aromatic carbocycles. The van der Waals surface area contributed by atoms with Gasteiger partial charge in [-0.3, -0.25) is 14.8 Å². The van der Waals surface area contributed by atoms with Crippen molar-refractivity contribution < 1.29 is 8.42 Å². The van der Waals surface area contributed by atoms with Crippen LogP contribution in [0.15, 0.2) is 34.6 Å². The molecule has 0 spiro atoms. The minimum atomic E-state index is -3.54. The van der Waals surface area contributed by atoms with E-state index in [9.17, 15) is 13.7 Å². The largest absolute Gasteiger partial charge is 0.276 e. The molecule has 150 valence electrons. The second-order valence-electron chi connectivity index (χ2n) is 7.57. The number of fused-ring (bicyclic) bond motifs is 1. The van der Waals surface area contributed by atoms with E-state index in [1.54, 1.807) is 26.0 Å². The number of hydrogen-bond acceptors (Lipinski definition) is 5. The Labute approximate surface area is 170 Å². The molecule has 1 aromatic heterocycles. The molecule has 2 unspecified atom stereocenters. The number of nitrogens with zero attached hydrogens (tertiary/aromatic N) is 4. The first kappa shape index (κ1) is 20.6. The Bertz CT molecular complexity index is 1210. The van der Waals surface area contributed by atoms with Gasteiger partial charge in [0, 0.05) is 22.7 Å². The normalized spacial score (nSPS) is 19.8. The van der Waals surface area contributed by atoms with E-state index in [4.69, 9.17) is 6.57 Å². The Morgan fingerprint density at radius 3 is 2.72 bits per heavy atom. The third kappa shape index (κ3) is 4.01. The first-order valence-electron chi connectivity index (χ1n) is 9.18. The molecule has 1 aliphatic rings. The number of nitrogens with one attached hydrogen (secondary N) is 2. The summed E-state index contributed by atoms with van der Waals surface area (Å²) in [7, 11) is -3.54. The number of rotatable bonds is 5. The third-order valence-electron chi connectivity index (χ3n) is 4.80. The molecule has 0 aliphatic carbocycles. The lowest BCUT2D eigenvalue weighted by Crippen LogP contribution is -2.24. The lowest BCUT2D eigenvalue weighted by Gasteiger charge is -2.26. The highest BCUT2D eigenvalue weighted by atomic mass is 32.2. The van der Waals surface area contributed by atoms with Gasteiger partial charge in [-0.2, -0.15) is 10.4 Å². The maximum absolute atomic E-state index is 12.4. The number of anilines is 1. The van der Waals surface area contributed by atoms with E-state index in [-0.39, 0.29) is 17.5 Å². The topological polar surface area (TPSA) is 115 Å². The summed E-state index contributed by atoms with van der Waals surface area (Å²) < 4.78 is 27.2.